The minimum atomic E-state index is 0.0585. The Morgan fingerprint density at radius 3 is 2.59 bits per heavy atom. The Kier molecular flexibility index (Phi) is 8.36. The van der Waals surface area contributed by atoms with Gasteiger partial charge in [0.2, 0.25) is 5.91 Å². The Bertz CT molecular complexity index is 945. The third-order valence-corrected chi connectivity index (χ3v) is 5.73. The first kappa shape index (κ1) is 23.4. The van der Waals surface area contributed by atoms with Crippen LogP contribution >= 0.6 is 0 Å². The van der Waals surface area contributed by atoms with E-state index < -0.39 is 0 Å². The van der Waals surface area contributed by atoms with Gasteiger partial charge in [0.25, 0.3) is 0 Å². The third kappa shape index (κ3) is 5.93. The largest absolute Gasteiger partial charge is 0.493 e. The Hall–Kier alpha value is -3.22. The van der Waals surface area contributed by atoms with E-state index in [1.807, 2.05) is 43.1 Å². The topological polar surface area (TPSA) is 66.4 Å². The number of aliphatic imine (C=N–C) groups is 1. The van der Waals surface area contributed by atoms with Crippen molar-refractivity contribution in [3.05, 3.63) is 59.2 Å². The highest BCUT2D eigenvalue weighted by Gasteiger charge is 2.20. The number of likely N-dealkylation sites (N-methyl/N-ethyl adjacent to an activating group) is 1. The average Bonchev–Trinajstić information content (AvgIpc) is 2.84. The number of carbonyl (C=O) groups is 1. The van der Waals surface area contributed by atoms with E-state index in [9.17, 15) is 4.79 Å². The fourth-order valence-corrected chi connectivity index (χ4v) is 3.86. The number of hydrogen-bond acceptors (Lipinski definition) is 4. The molecule has 1 aliphatic heterocycles. The molecule has 7 nitrogen and oxygen atoms in total. The summed E-state index contributed by atoms with van der Waals surface area (Å²) in [6, 6.07) is 14.3. The van der Waals surface area contributed by atoms with Gasteiger partial charge in [0.1, 0.15) is 6.54 Å². The summed E-state index contributed by atoms with van der Waals surface area (Å²) in [6.07, 6.45) is 1.72. The number of carbonyl (C=O) groups excluding carboxylic acids is 1. The lowest BCUT2D eigenvalue weighted by Gasteiger charge is -2.29. The fraction of sp³-hybridized carbons (Fsp3) is 0.440. The molecule has 0 spiro atoms. The van der Waals surface area contributed by atoms with Gasteiger partial charge in [-0.15, -0.1) is 0 Å². The normalized spacial score (nSPS) is 13.4. The molecule has 1 aliphatic rings. The van der Waals surface area contributed by atoms with Crippen molar-refractivity contribution in [1.29, 1.82) is 0 Å². The van der Waals surface area contributed by atoms with Crippen molar-refractivity contribution in [2.45, 2.75) is 26.3 Å². The van der Waals surface area contributed by atoms with Gasteiger partial charge in [-0.2, -0.15) is 0 Å². The summed E-state index contributed by atoms with van der Waals surface area (Å²) in [5.41, 5.74) is 3.71. The highest BCUT2D eigenvalue weighted by Crippen LogP contribution is 2.27. The molecule has 1 amide bonds. The van der Waals surface area contributed by atoms with Crippen LogP contribution in [0.1, 0.15) is 23.6 Å². The van der Waals surface area contributed by atoms with E-state index in [0.717, 1.165) is 55.5 Å². The van der Waals surface area contributed by atoms with Crippen LogP contribution in [-0.2, 0) is 24.2 Å². The summed E-state index contributed by atoms with van der Waals surface area (Å²) in [7, 11) is 5.26. The highest BCUT2D eigenvalue weighted by molar-refractivity contribution is 5.85. The molecule has 0 radical (unpaired) electrons. The van der Waals surface area contributed by atoms with E-state index in [0.29, 0.717) is 6.54 Å². The molecular formula is C25H34N4O3. The molecule has 0 fully saturated rings. The van der Waals surface area contributed by atoms with Gasteiger partial charge in [-0.25, -0.2) is 4.99 Å². The lowest BCUT2D eigenvalue weighted by molar-refractivity contribution is -0.130. The van der Waals surface area contributed by atoms with Gasteiger partial charge in [-0.3, -0.25) is 4.79 Å². The first-order chi connectivity index (χ1) is 15.5. The molecule has 0 bridgehead atoms. The number of nitrogens with zero attached hydrogens (tertiary/aromatic N) is 3. The lowest BCUT2D eigenvalue weighted by Crippen LogP contribution is -2.42. The summed E-state index contributed by atoms with van der Waals surface area (Å²) >= 11 is 0. The molecule has 0 unspecified atom stereocenters. The number of nitrogens with one attached hydrogen (secondary N) is 1. The molecule has 1 N–H and O–H groups in total. The summed E-state index contributed by atoms with van der Waals surface area (Å²) in [5, 5.41) is 3.29. The number of ether oxygens (including phenoxy) is 2. The smallest absolute Gasteiger partial charge is 0.244 e. The third-order valence-electron chi connectivity index (χ3n) is 5.73. The lowest BCUT2D eigenvalue weighted by atomic mass is 10.00. The van der Waals surface area contributed by atoms with Crippen molar-refractivity contribution in [1.82, 2.24) is 15.1 Å². The Morgan fingerprint density at radius 1 is 1.12 bits per heavy atom. The summed E-state index contributed by atoms with van der Waals surface area (Å²) in [4.78, 5) is 21.4. The Labute approximate surface area is 191 Å². The van der Waals surface area contributed by atoms with E-state index in [2.05, 4.69) is 33.4 Å². The zero-order chi connectivity index (χ0) is 22.9. The maximum atomic E-state index is 12.8. The van der Waals surface area contributed by atoms with E-state index in [1.165, 1.54) is 11.1 Å². The second-order valence-electron chi connectivity index (χ2n) is 7.87. The van der Waals surface area contributed by atoms with Gasteiger partial charge >= 0.3 is 0 Å². The first-order valence-electron chi connectivity index (χ1n) is 11.1. The van der Waals surface area contributed by atoms with E-state index in [4.69, 9.17) is 9.47 Å². The van der Waals surface area contributed by atoms with Crippen molar-refractivity contribution < 1.29 is 14.3 Å². The molecule has 172 valence electrons. The van der Waals surface area contributed by atoms with E-state index >= 15 is 0 Å². The van der Waals surface area contributed by atoms with Crippen LogP contribution in [0.5, 0.6) is 11.5 Å². The van der Waals surface area contributed by atoms with Crippen molar-refractivity contribution in [2.75, 3.05) is 47.4 Å². The summed E-state index contributed by atoms with van der Waals surface area (Å²) in [6.45, 7) is 5.08. The fourth-order valence-electron chi connectivity index (χ4n) is 3.86. The molecule has 7 heteroatoms. The van der Waals surface area contributed by atoms with Gasteiger partial charge in [0, 0.05) is 33.2 Å². The van der Waals surface area contributed by atoms with Crippen molar-refractivity contribution in [3.8, 4) is 11.5 Å². The van der Waals surface area contributed by atoms with Crippen LogP contribution in [0, 0.1) is 0 Å². The quantitative estimate of drug-likeness (QED) is 0.507. The van der Waals surface area contributed by atoms with Gasteiger partial charge in [-0.05, 0) is 48.6 Å². The zero-order valence-corrected chi connectivity index (χ0v) is 19.6. The van der Waals surface area contributed by atoms with E-state index in [-0.39, 0.29) is 12.5 Å². The van der Waals surface area contributed by atoms with Crippen LogP contribution in [0.25, 0.3) is 0 Å². The number of hydrogen-bond donors (Lipinski definition) is 1. The predicted octanol–water partition coefficient (Wildman–Crippen LogP) is 2.73. The van der Waals surface area contributed by atoms with Gasteiger partial charge in [0.15, 0.2) is 17.5 Å². The Morgan fingerprint density at radius 2 is 1.88 bits per heavy atom. The molecule has 0 atom stereocenters. The number of benzene rings is 2. The molecule has 1 heterocycles. The number of methoxy groups -OCH3 is 2. The Balaban J connectivity index is 1.58. The van der Waals surface area contributed by atoms with Crippen LogP contribution in [0.3, 0.4) is 0 Å². The van der Waals surface area contributed by atoms with Crippen molar-refractivity contribution in [2.24, 2.45) is 4.99 Å². The number of amides is 1. The molecule has 0 saturated heterocycles. The van der Waals surface area contributed by atoms with Crippen LogP contribution in [-0.4, -0.2) is 69.1 Å². The molecule has 0 saturated carbocycles. The summed E-state index contributed by atoms with van der Waals surface area (Å²) < 4.78 is 10.7. The molecule has 0 aromatic heterocycles. The maximum absolute atomic E-state index is 12.8. The second kappa shape index (κ2) is 11.4. The first-order valence-corrected chi connectivity index (χ1v) is 11.1. The molecule has 2 aromatic rings. The van der Waals surface area contributed by atoms with Gasteiger partial charge in [-0.1, -0.05) is 30.3 Å². The molecular weight excluding hydrogens is 404 g/mol. The number of rotatable bonds is 8. The molecule has 2 aromatic carbocycles. The highest BCUT2D eigenvalue weighted by atomic mass is 16.5. The molecule has 0 aliphatic carbocycles. The van der Waals surface area contributed by atoms with Crippen molar-refractivity contribution >= 4 is 11.9 Å². The zero-order valence-electron chi connectivity index (χ0n) is 19.6. The predicted molar refractivity (Wildman–Crippen MR) is 127 cm³/mol. The van der Waals surface area contributed by atoms with Crippen LogP contribution < -0.4 is 14.8 Å². The van der Waals surface area contributed by atoms with Crippen LogP contribution in [0.2, 0.25) is 0 Å². The number of guanidine groups is 1. The molecule has 32 heavy (non-hydrogen) atoms. The number of fused-ring (bicyclic) bond motifs is 1. The summed E-state index contributed by atoms with van der Waals surface area (Å²) in [5.74, 6) is 2.24. The van der Waals surface area contributed by atoms with Crippen LogP contribution in [0.4, 0.5) is 0 Å². The monoisotopic (exact) mass is 438 g/mol. The SMILES string of the molecule is CCNC(=NCC(=O)N1CCc2ccccc2C1)N(C)CCc1ccc(OC)c(OC)c1. The standard InChI is InChI=1S/C25H34N4O3/c1-5-26-25(28(2)14-12-19-10-11-22(31-3)23(16-19)32-4)27-17-24(30)29-15-13-20-8-6-7-9-21(20)18-29/h6-11,16H,5,12-15,17-18H2,1-4H3,(H,26,27). The minimum Gasteiger partial charge on any atom is -0.493 e. The van der Waals surface area contributed by atoms with Crippen molar-refractivity contribution in [3.63, 3.8) is 0 Å². The van der Waals surface area contributed by atoms with Crippen LogP contribution in [0.15, 0.2) is 47.5 Å². The van der Waals surface area contributed by atoms with Gasteiger partial charge < -0.3 is 24.6 Å². The van der Waals surface area contributed by atoms with Gasteiger partial charge in [0.05, 0.1) is 14.2 Å². The second-order valence-corrected chi connectivity index (χ2v) is 7.87. The maximum Gasteiger partial charge on any atom is 0.244 e. The average molecular weight is 439 g/mol. The van der Waals surface area contributed by atoms with E-state index in [1.54, 1.807) is 14.2 Å². The molecule has 3 rings (SSSR count). The minimum absolute atomic E-state index is 0.0585.